The van der Waals surface area contributed by atoms with Crippen LogP contribution in [0, 0.1) is 0 Å². The van der Waals surface area contributed by atoms with Crippen LogP contribution in [0.4, 0.5) is 0 Å². The van der Waals surface area contributed by atoms with Gasteiger partial charge in [-0.05, 0) is 0 Å². The highest BCUT2D eigenvalue weighted by molar-refractivity contribution is 7.76. The fourth-order valence-corrected chi connectivity index (χ4v) is 153. The summed E-state index contributed by atoms with van der Waals surface area (Å²) >= 11 is 0. The standard InChI is InChI=1S/C15H40Si6/c1-15-19(8,9)16(2,3)14(17(4,5)20(15,10)11)18(6,7)21(15,12)13/h14H,1-13H3. The minimum absolute atomic E-state index is 0.878. The van der Waals surface area contributed by atoms with Gasteiger partial charge >= 0.3 is 0 Å². The lowest BCUT2D eigenvalue weighted by Gasteiger charge is -2.84. The summed E-state index contributed by atoms with van der Waals surface area (Å²) in [5.74, 6) is 0. The van der Waals surface area contributed by atoms with Crippen molar-refractivity contribution in [2.45, 2.75) is 94.6 Å². The normalized spacial score (nSPS) is 43.6. The largest absolute Gasteiger partial charge is 0.0715 e. The van der Waals surface area contributed by atoms with Crippen LogP contribution in [-0.2, 0) is 0 Å². The Balaban J connectivity index is 2.99. The van der Waals surface area contributed by atoms with Crippen LogP contribution in [0.2, 0.25) is 87.6 Å². The topological polar surface area (TPSA) is 0 Å². The number of rotatable bonds is 0. The van der Waals surface area contributed by atoms with Gasteiger partial charge in [-0.25, -0.2) is 0 Å². The molecule has 0 spiro atoms. The third-order valence-electron chi connectivity index (χ3n) is 10.7. The summed E-state index contributed by atoms with van der Waals surface area (Å²) in [6.07, 6.45) is 0. The van der Waals surface area contributed by atoms with Crippen molar-refractivity contribution >= 4 is 45.5 Å². The van der Waals surface area contributed by atoms with E-state index < -0.39 is 45.5 Å². The molecule has 3 fully saturated rings. The average Bonchev–Trinajstić information content (AvgIpc) is 2.22. The molecule has 0 aromatic carbocycles. The summed E-state index contributed by atoms with van der Waals surface area (Å²) < 4.78 is 0.878. The van der Waals surface area contributed by atoms with Crippen molar-refractivity contribution in [2.24, 2.45) is 0 Å². The maximum atomic E-state index is 2.89. The quantitative estimate of drug-likeness (QED) is 0.461. The van der Waals surface area contributed by atoms with Crippen molar-refractivity contribution in [2.75, 3.05) is 0 Å². The first-order valence-electron chi connectivity index (χ1n) is 8.87. The van der Waals surface area contributed by atoms with Crippen molar-refractivity contribution in [1.29, 1.82) is 0 Å². The van der Waals surface area contributed by atoms with E-state index in [1.54, 1.807) is 0 Å². The van der Waals surface area contributed by atoms with E-state index in [0.717, 1.165) is 4.28 Å². The highest BCUT2D eigenvalue weighted by Gasteiger charge is 2.85. The third kappa shape index (κ3) is 1.48. The molecular formula is C15H40Si6. The predicted molar refractivity (Wildman–Crippen MR) is 117 cm³/mol. The first-order chi connectivity index (χ1) is 8.87. The molecule has 0 aromatic rings. The van der Waals surface area contributed by atoms with Crippen LogP contribution in [0.1, 0.15) is 6.92 Å². The highest BCUT2D eigenvalue weighted by Crippen LogP contribution is 2.74. The minimum atomic E-state index is -1.14. The van der Waals surface area contributed by atoms with Gasteiger partial charge in [-0.3, -0.25) is 0 Å². The molecule has 3 rings (SSSR count). The molecule has 3 aliphatic heterocycles. The fourth-order valence-electron chi connectivity index (χ4n) is 8.07. The minimum Gasteiger partial charge on any atom is -0.0715 e. The van der Waals surface area contributed by atoms with E-state index in [0.29, 0.717) is 0 Å². The van der Waals surface area contributed by atoms with Crippen molar-refractivity contribution in [3.05, 3.63) is 0 Å². The van der Waals surface area contributed by atoms with Gasteiger partial charge in [0.15, 0.2) is 0 Å². The van der Waals surface area contributed by atoms with Gasteiger partial charge in [-0.15, -0.1) is 0 Å². The lowest BCUT2D eigenvalue weighted by Crippen LogP contribution is -2.99. The van der Waals surface area contributed by atoms with Crippen LogP contribution in [-0.4, -0.2) is 45.5 Å². The van der Waals surface area contributed by atoms with Crippen LogP contribution in [0.5, 0.6) is 0 Å². The van der Waals surface area contributed by atoms with Crippen LogP contribution in [0.25, 0.3) is 0 Å². The summed E-state index contributed by atoms with van der Waals surface area (Å²) in [7, 11) is -6.68. The smallest absolute Gasteiger partial charge is 0.0412 e. The van der Waals surface area contributed by atoms with E-state index in [1.165, 1.54) is 4.79 Å². The first kappa shape index (κ1) is 18.6. The zero-order valence-corrected chi connectivity index (χ0v) is 23.1. The lowest BCUT2D eigenvalue weighted by molar-refractivity contribution is 1.02. The zero-order chi connectivity index (χ0) is 17.1. The predicted octanol–water partition coefficient (Wildman–Crippen LogP) is 5.79. The molecular weight excluding hydrogens is 349 g/mol. The maximum absolute atomic E-state index is 2.89. The Morgan fingerprint density at radius 3 is 0.857 bits per heavy atom. The third-order valence-corrected chi connectivity index (χ3v) is 102. The van der Waals surface area contributed by atoms with Crippen molar-refractivity contribution in [3.8, 4) is 0 Å². The molecule has 2 bridgehead atoms. The second-order valence-electron chi connectivity index (χ2n) is 11.6. The Morgan fingerprint density at radius 2 is 0.667 bits per heavy atom. The first-order valence-corrected chi connectivity index (χ1v) is 30.1. The van der Waals surface area contributed by atoms with E-state index in [2.05, 4.69) is 85.5 Å². The zero-order valence-electron chi connectivity index (χ0n) is 17.1. The molecule has 21 heavy (non-hydrogen) atoms. The Hall–Kier alpha value is 1.30. The Morgan fingerprint density at radius 1 is 0.476 bits per heavy atom. The van der Waals surface area contributed by atoms with Gasteiger partial charge in [0.2, 0.25) is 0 Å². The molecule has 0 nitrogen and oxygen atoms in total. The highest BCUT2D eigenvalue weighted by atomic mass is 29.4. The molecule has 0 radical (unpaired) electrons. The molecule has 0 atom stereocenters. The maximum Gasteiger partial charge on any atom is 0.0412 e. The SMILES string of the molecule is CC12[Si](C)(C)[Si](C)(C)C([Si](C)(C)[Si]1(C)C)[Si](C)(C)[Si]2(C)C. The Kier molecular flexibility index (Phi) is 3.63. The van der Waals surface area contributed by atoms with E-state index in [-0.39, 0.29) is 0 Å². The summed E-state index contributed by atoms with van der Waals surface area (Å²) in [5, 5.41) is 0. The number of fused-ring (bicyclic) bond motifs is 3. The fraction of sp³-hybridized carbons (Fsp3) is 1.00. The number of hydrogen-bond acceptors (Lipinski definition) is 0. The van der Waals surface area contributed by atoms with Crippen LogP contribution < -0.4 is 0 Å². The van der Waals surface area contributed by atoms with Gasteiger partial charge in [0.05, 0.1) is 0 Å². The van der Waals surface area contributed by atoms with E-state index in [4.69, 9.17) is 0 Å². The second-order valence-corrected chi connectivity index (χ2v) is 62.5. The van der Waals surface area contributed by atoms with Crippen molar-refractivity contribution in [1.82, 2.24) is 0 Å². The molecule has 3 saturated heterocycles. The second kappa shape index (κ2) is 4.10. The monoisotopic (exact) mass is 388 g/mol. The van der Waals surface area contributed by atoms with Crippen LogP contribution >= 0.6 is 0 Å². The van der Waals surface area contributed by atoms with E-state index in [1.807, 2.05) is 0 Å². The van der Waals surface area contributed by atoms with Gasteiger partial charge in [-0.1, -0.05) is 94.6 Å². The van der Waals surface area contributed by atoms with Crippen molar-refractivity contribution in [3.63, 3.8) is 0 Å². The Bertz CT molecular complexity index is 417. The van der Waals surface area contributed by atoms with Crippen LogP contribution in [0.3, 0.4) is 0 Å². The molecule has 0 amide bonds. The van der Waals surface area contributed by atoms with Gasteiger partial charge < -0.3 is 0 Å². The molecule has 6 heteroatoms. The van der Waals surface area contributed by atoms with Gasteiger partial charge in [0.25, 0.3) is 0 Å². The van der Waals surface area contributed by atoms with E-state index in [9.17, 15) is 0 Å². The van der Waals surface area contributed by atoms with Gasteiger partial charge in [0, 0.05) is 45.5 Å². The molecule has 0 aromatic heterocycles. The summed E-state index contributed by atoms with van der Waals surface area (Å²) in [4.78, 5) is 1.31. The van der Waals surface area contributed by atoms with E-state index >= 15 is 0 Å². The molecule has 0 unspecified atom stereocenters. The molecule has 3 aliphatic rings. The van der Waals surface area contributed by atoms with Gasteiger partial charge in [0.1, 0.15) is 0 Å². The Labute approximate surface area is 139 Å². The summed E-state index contributed by atoms with van der Waals surface area (Å²) in [6, 6.07) is 0. The summed E-state index contributed by atoms with van der Waals surface area (Å²) in [6.45, 7) is 37.2. The average molecular weight is 389 g/mol. The lowest BCUT2D eigenvalue weighted by atomic mass is 10.9. The van der Waals surface area contributed by atoms with Gasteiger partial charge in [-0.2, -0.15) is 0 Å². The van der Waals surface area contributed by atoms with Crippen molar-refractivity contribution < 1.29 is 0 Å². The molecule has 0 saturated carbocycles. The molecule has 124 valence electrons. The molecule has 0 aliphatic carbocycles. The summed E-state index contributed by atoms with van der Waals surface area (Å²) in [5.41, 5.74) is 0. The molecule has 3 heterocycles. The van der Waals surface area contributed by atoms with Crippen LogP contribution in [0.15, 0.2) is 0 Å². The number of hydrogen-bond donors (Lipinski definition) is 0. The molecule has 0 N–H and O–H groups in total.